The Labute approximate surface area is 182 Å². The molecule has 1 aliphatic heterocycles. The van der Waals surface area contributed by atoms with Gasteiger partial charge in [0.1, 0.15) is 6.07 Å². The van der Waals surface area contributed by atoms with Crippen LogP contribution in [0.15, 0.2) is 63.9 Å². The number of hydrogen-bond acceptors (Lipinski definition) is 6. The van der Waals surface area contributed by atoms with Gasteiger partial charge in [-0.2, -0.15) is 14.6 Å². The quantitative estimate of drug-likeness (QED) is 0.620. The maximum atomic E-state index is 12.9. The Morgan fingerprint density at radius 2 is 1.81 bits per heavy atom. The van der Waals surface area contributed by atoms with E-state index in [9.17, 15) is 13.7 Å². The third kappa shape index (κ3) is 4.63. The fourth-order valence-corrected chi connectivity index (χ4v) is 5.03. The summed E-state index contributed by atoms with van der Waals surface area (Å²) in [7, 11) is -3.51. The zero-order valence-corrected chi connectivity index (χ0v) is 18.1. The summed E-state index contributed by atoms with van der Waals surface area (Å²) in [5.74, 6) is 1.11. The van der Waals surface area contributed by atoms with Gasteiger partial charge in [-0.1, -0.05) is 37.3 Å². The topological polar surface area (TPSA) is 99.2 Å². The molecule has 0 amide bonds. The van der Waals surface area contributed by atoms with Gasteiger partial charge in [-0.25, -0.2) is 8.42 Å². The van der Waals surface area contributed by atoms with E-state index in [1.807, 2.05) is 36.4 Å². The van der Waals surface area contributed by atoms with Gasteiger partial charge in [-0.15, -0.1) is 0 Å². The van der Waals surface area contributed by atoms with Gasteiger partial charge in [0.2, 0.25) is 27.5 Å². The zero-order chi connectivity index (χ0) is 21.8. The Hall–Kier alpha value is -3.15. The first kappa shape index (κ1) is 21.1. The smallest absolute Gasteiger partial charge is 0.243 e. The summed E-state index contributed by atoms with van der Waals surface area (Å²) in [5.41, 5.74) is 1.81. The average molecular weight is 437 g/mol. The van der Waals surface area contributed by atoms with Gasteiger partial charge >= 0.3 is 0 Å². The predicted molar refractivity (Wildman–Crippen MR) is 118 cm³/mol. The zero-order valence-electron chi connectivity index (χ0n) is 17.3. The minimum Gasteiger partial charge on any atom is -0.419 e. The van der Waals surface area contributed by atoms with Crippen LogP contribution in [0, 0.1) is 17.2 Å². The van der Waals surface area contributed by atoms with Crippen LogP contribution in [0.25, 0.3) is 11.5 Å². The molecule has 160 valence electrons. The third-order valence-corrected chi connectivity index (χ3v) is 7.42. The highest BCUT2D eigenvalue weighted by Gasteiger charge is 2.28. The first-order chi connectivity index (χ1) is 15.0. The van der Waals surface area contributed by atoms with E-state index in [0.29, 0.717) is 37.0 Å². The van der Waals surface area contributed by atoms with E-state index in [-0.39, 0.29) is 16.5 Å². The van der Waals surface area contributed by atoms with Crippen molar-refractivity contribution in [3.63, 3.8) is 0 Å². The molecule has 7 nitrogen and oxygen atoms in total. The lowest BCUT2D eigenvalue weighted by Crippen LogP contribution is -2.37. The molecule has 0 bridgehead atoms. The van der Waals surface area contributed by atoms with Gasteiger partial charge in [0.15, 0.2) is 0 Å². The molecule has 31 heavy (non-hydrogen) atoms. The van der Waals surface area contributed by atoms with E-state index in [4.69, 9.17) is 4.42 Å². The summed E-state index contributed by atoms with van der Waals surface area (Å²) < 4.78 is 33.1. The predicted octanol–water partition coefficient (Wildman–Crippen LogP) is 4.25. The van der Waals surface area contributed by atoms with Gasteiger partial charge in [0.05, 0.1) is 4.90 Å². The van der Waals surface area contributed by atoms with Gasteiger partial charge in [0, 0.05) is 25.2 Å². The summed E-state index contributed by atoms with van der Waals surface area (Å²) in [5, 5.41) is 12.5. The molecule has 0 unspecified atom stereocenters. The molecule has 0 spiro atoms. The van der Waals surface area contributed by atoms with Crippen molar-refractivity contribution in [2.75, 3.05) is 18.4 Å². The van der Waals surface area contributed by atoms with Crippen LogP contribution >= 0.6 is 0 Å². The minimum absolute atomic E-state index is 0.157. The monoisotopic (exact) mass is 436 g/mol. The van der Waals surface area contributed by atoms with Crippen LogP contribution in [-0.4, -0.2) is 30.8 Å². The molecule has 8 heteroatoms. The highest BCUT2D eigenvalue weighted by Crippen LogP contribution is 2.28. The number of nitriles is 1. The third-order valence-electron chi connectivity index (χ3n) is 5.51. The Kier molecular flexibility index (Phi) is 6.07. The Morgan fingerprint density at radius 3 is 2.45 bits per heavy atom. The Morgan fingerprint density at radius 1 is 1.13 bits per heavy atom. The lowest BCUT2D eigenvalue weighted by atomic mass is 10.0. The standard InChI is InChI=1S/C23H24N4O3S/c1-17-11-13-27(14-12-17)31(28,29)20-9-7-19(8-10-20)22-26-21(15-24)23(30-22)25-16-18-5-3-2-4-6-18/h2-10,17,25H,11-14,16H2,1H3. The van der Waals surface area contributed by atoms with Crippen LogP contribution < -0.4 is 5.32 Å². The van der Waals surface area contributed by atoms with Crippen molar-refractivity contribution in [2.24, 2.45) is 5.92 Å². The highest BCUT2D eigenvalue weighted by molar-refractivity contribution is 7.89. The Bertz CT molecular complexity index is 1170. The van der Waals surface area contributed by atoms with E-state index < -0.39 is 10.0 Å². The summed E-state index contributed by atoms with van der Waals surface area (Å²) in [6.45, 7) is 3.74. The first-order valence-corrected chi connectivity index (χ1v) is 11.7. The second-order valence-electron chi connectivity index (χ2n) is 7.76. The van der Waals surface area contributed by atoms with Crippen LogP contribution in [0.5, 0.6) is 0 Å². The van der Waals surface area contributed by atoms with E-state index >= 15 is 0 Å². The van der Waals surface area contributed by atoms with Crippen molar-refractivity contribution in [1.29, 1.82) is 5.26 Å². The Balaban J connectivity index is 1.51. The van der Waals surface area contributed by atoms with Crippen LogP contribution in [0.1, 0.15) is 31.0 Å². The van der Waals surface area contributed by atoms with E-state index in [1.54, 1.807) is 28.6 Å². The van der Waals surface area contributed by atoms with Crippen molar-refractivity contribution in [1.82, 2.24) is 9.29 Å². The maximum absolute atomic E-state index is 12.9. The summed E-state index contributed by atoms with van der Waals surface area (Å²) in [4.78, 5) is 4.50. The second-order valence-corrected chi connectivity index (χ2v) is 9.70. The largest absolute Gasteiger partial charge is 0.419 e. The van der Waals surface area contributed by atoms with Gasteiger partial charge in [0.25, 0.3) is 0 Å². The molecule has 1 aromatic heterocycles. The molecule has 4 rings (SSSR count). The molecular formula is C23H24N4O3S. The number of piperidine rings is 1. The molecule has 0 saturated carbocycles. The summed E-state index contributed by atoms with van der Waals surface area (Å²) in [6.07, 6.45) is 1.76. The molecule has 0 aliphatic carbocycles. The number of aromatic nitrogens is 1. The first-order valence-electron chi connectivity index (χ1n) is 10.3. The molecule has 1 aliphatic rings. The van der Waals surface area contributed by atoms with Crippen LogP contribution in [0.4, 0.5) is 5.88 Å². The number of nitrogens with zero attached hydrogens (tertiary/aromatic N) is 3. The average Bonchev–Trinajstić information content (AvgIpc) is 3.22. The number of sulfonamides is 1. The van der Waals surface area contributed by atoms with E-state index in [0.717, 1.165) is 18.4 Å². The van der Waals surface area contributed by atoms with Gasteiger partial charge in [-0.05, 0) is 48.6 Å². The molecule has 2 heterocycles. The number of hydrogen-bond donors (Lipinski definition) is 1. The number of anilines is 1. The maximum Gasteiger partial charge on any atom is 0.243 e. The lowest BCUT2D eigenvalue weighted by Gasteiger charge is -2.29. The molecule has 1 N–H and O–H groups in total. The molecule has 0 atom stereocenters. The number of benzene rings is 2. The van der Waals surface area contributed by atoms with Crippen LogP contribution in [0.2, 0.25) is 0 Å². The van der Waals surface area contributed by atoms with Crippen molar-refractivity contribution >= 4 is 15.9 Å². The molecule has 0 radical (unpaired) electrons. The van der Waals surface area contributed by atoms with E-state index in [2.05, 4.69) is 17.2 Å². The number of rotatable bonds is 6. The summed E-state index contributed by atoms with van der Waals surface area (Å²) in [6, 6.07) is 18.2. The number of oxazole rings is 1. The fraction of sp³-hybridized carbons (Fsp3) is 0.304. The van der Waals surface area contributed by atoms with Crippen molar-refractivity contribution < 1.29 is 12.8 Å². The van der Waals surface area contributed by atoms with Crippen molar-refractivity contribution in [3.8, 4) is 17.5 Å². The molecule has 2 aromatic carbocycles. The highest BCUT2D eigenvalue weighted by atomic mass is 32.2. The molecule has 3 aromatic rings. The van der Waals surface area contributed by atoms with Crippen LogP contribution in [0.3, 0.4) is 0 Å². The molecular weight excluding hydrogens is 412 g/mol. The normalized spacial score (nSPS) is 15.5. The van der Waals surface area contributed by atoms with Crippen molar-refractivity contribution in [2.45, 2.75) is 31.2 Å². The SMILES string of the molecule is CC1CCN(S(=O)(=O)c2ccc(-c3nc(C#N)c(NCc4ccccc4)o3)cc2)CC1. The summed E-state index contributed by atoms with van der Waals surface area (Å²) >= 11 is 0. The lowest BCUT2D eigenvalue weighted by molar-refractivity contribution is 0.288. The molecule has 1 saturated heterocycles. The van der Waals surface area contributed by atoms with E-state index in [1.165, 1.54) is 0 Å². The van der Waals surface area contributed by atoms with Crippen molar-refractivity contribution in [3.05, 3.63) is 65.9 Å². The second kappa shape index (κ2) is 8.92. The fourth-order valence-electron chi connectivity index (χ4n) is 3.56. The number of nitrogens with one attached hydrogen (secondary N) is 1. The van der Waals surface area contributed by atoms with Gasteiger partial charge < -0.3 is 9.73 Å². The van der Waals surface area contributed by atoms with Gasteiger partial charge in [-0.3, -0.25) is 0 Å². The molecule has 1 fully saturated rings. The van der Waals surface area contributed by atoms with Crippen LogP contribution in [-0.2, 0) is 16.6 Å². The minimum atomic E-state index is -3.51.